The Bertz CT molecular complexity index is 756. The quantitative estimate of drug-likeness (QED) is 0.768. The van der Waals surface area contributed by atoms with Crippen LogP contribution in [0, 0.1) is 0 Å². The fourth-order valence-corrected chi connectivity index (χ4v) is 2.30. The first kappa shape index (κ1) is 14.6. The summed E-state index contributed by atoms with van der Waals surface area (Å²) in [6.45, 7) is 2.65. The van der Waals surface area contributed by atoms with Crippen molar-refractivity contribution >= 4 is 28.2 Å². The maximum absolute atomic E-state index is 5.86. The molecule has 0 bridgehead atoms. The van der Waals surface area contributed by atoms with E-state index in [-0.39, 0.29) is 6.10 Å². The van der Waals surface area contributed by atoms with Gasteiger partial charge in [0.05, 0.1) is 6.54 Å². The maximum Gasteiger partial charge on any atom is 0.135 e. The van der Waals surface area contributed by atoms with Gasteiger partial charge in [-0.1, -0.05) is 11.6 Å². The minimum atomic E-state index is -0.00472. The second-order valence-corrected chi connectivity index (χ2v) is 5.46. The molecule has 0 unspecified atom stereocenters. The van der Waals surface area contributed by atoms with Crippen LogP contribution in [-0.4, -0.2) is 22.6 Å². The molecule has 1 atom stereocenters. The first-order chi connectivity index (χ1) is 10.7. The molecule has 22 heavy (non-hydrogen) atoms. The number of anilines is 1. The van der Waals surface area contributed by atoms with E-state index < -0.39 is 0 Å². The van der Waals surface area contributed by atoms with E-state index in [1.807, 2.05) is 49.5 Å². The van der Waals surface area contributed by atoms with Crippen molar-refractivity contribution in [3.8, 4) is 5.75 Å². The van der Waals surface area contributed by atoms with Gasteiger partial charge < -0.3 is 10.1 Å². The van der Waals surface area contributed by atoms with Crippen molar-refractivity contribution in [3.05, 3.63) is 60.0 Å². The molecule has 2 heterocycles. The smallest absolute Gasteiger partial charge is 0.135 e. The van der Waals surface area contributed by atoms with Gasteiger partial charge in [-0.15, -0.1) is 0 Å². The van der Waals surface area contributed by atoms with Gasteiger partial charge in [-0.2, -0.15) is 0 Å². The molecule has 0 radical (unpaired) electrons. The highest BCUT2D eigenvalue weighted by Crippen LogP contribution is 2.20. The summed E-state index contributed by atoms with van der Waals surface area (Å²) in [6.07, 6.45) is 5.37. The van der Waals surface area contributed by atoms with Gasteiger partial charge in [-0.3, -0.25) is 4.98 Å². The van der Waals surface area contributed by atoms with Crippen LogP contribution in [0.5, 0.6) is 5.75 Å². The van der Waals surface area contributed by atoms with E-state index in [4.69, 9.17) is 16.3 Å². The van der Waals surface area contributed by atoms with Gasteiger partial charge in [-0.25, -0.2) is 4.98 Å². The first-order valence-electron chi connectivity index (χ1n) is 7.07. The predicted octanol–water partition coefficient (Wildman–Crippen LogP) is 4.16. The van der Waals surface area contributed by atoms with E-state index in [0.29, 0.717) is 11.6 Å². The molecule has 0 aliphatic carbocycles. The number of halogens is 1. The van der Waals surface area contributed by atoms with Crippen molar-refractivity contribution in [2.75, 3.05) is 11.9 Å². The molecule has 5 heteroatoms. The molecule has 0 spiro atoms. The lowest BCUT2D eigenvalue weighted by atomic mass is 10.2. The van der Waals surface area contributed by atoms with Gasteiger partial charge in [0.2, 0.25) is 0 Å². The van der Waals surface area contributed by atoms with Crippen LogP contribution in [0.2, 0.25) is 5.02 Å². The maximum atomic E-state index is 5.86. The summed E-state index contributed by atoms with van der Waals surface area (Å²) in [7, 11) is 0. The number of ether oxygens (including phenoxy) is 1. The molecule has 0 aliphatic rings. The van der Waals surface area contributed by atoms with Crippen molar-refractivity contribution in [1.82, 2.24) is 9.97 Å². The van der Waals surface area contributed by atoms with Gasteiger partial charge in [-0.05, 0) is 48.7 Å². The predicted molar refractivity (Wildman–Crippen MR) is 89.6 cm³/mol. The monoisotopic (exact) mass is 313 g/mol. The van der Waals surface area contributed by atoms with E-state index in [0.717, 1.165) is 22.3 Å². The van der Waals surface area contributed by atoms with Crippen molar-refractivity contribution < 1.29 is 4.74 Å². The van der Waals surface area contributed by atoms with E-state index >= 15 is 0 Å². The normalized spacial score (nSPS) is 12.1. The van der Waals surface area contributed by atoms with Gasteiger partial charge >= 0.3 is 0 Å². The van der Waals surface area contributed by atoms with Crippen LogP contribution < -0.4 is 10.1 Å². The van der Waals surface area contributed by atoms with E-state index in [2.05, 4.69) is 15.3 Å². The average molecular weight is 314 g/mol. The second-order valence-electron chi connectivity index (χ2n) is 5.02. The topological polar surface area (TPSA) is 47.0 Å². The molecule has 1 aromatic carbocycles. The third-order valence-electron chi connectivity index (χ3n) is 3.28. The molecular formula is C17H16ClN3O. The summed E-state index contributed by atoms with van der Waals surface area (Å²) in [6, 6.07) is 11.3. The van der Waals surface area contributed by atoms with Crippen LogP contribution in [0.25, 0.3) is 10.8 Å². The molecule has 3 rings (SSSR count). The summed E-state index contributed by atoms with van der Waals surface area (Å²) in [5, 5.41) is 6.13. The number of rotatable bonds is 5. The number of benzene rings is 1. The van der Waals surface area contributed by atoms with Crippen LogP contribution in [0.15, 0.2) is 55.0 Å². The molecule has 0 aliphatic heterocycles. The highest BCUT2D eigenvalue weighted by molar-refractivity contribution is 6.30. The molecule has 112 valence electrons. The summed E-state index contributed by atoms with van der Waals surface area (Å²) in [5.74, 6) is 1.61. The van der Waals surface area contributed by atoms with Crippen LogP contribution in [0.3, 0.4) is 0 Å². The zero-order valence-corrected chi connectivity index (χ0v) is 12.9. The Morgan fingerprint density at radius 2 is 1.91 bits per heavy atom. The van der Waals surface area contributed by atoms with E-state index in [1.165, 1.54) is 0 Å². The molecule has 3 aromatic rings. The van der Waals surface area contributed by atoms with Crippen LogP contribution in [0.4, 0.5) is 5.82 Å². The third kappa shape index (κ3) is 3.46. The van der Waals surface area contributed by atoms with Gasteiger partial charge in [0.1, 0.15) is 17.7 Å². The molecule has 4 nitrogen and oxygen atoms in total. The van der Waals surface area contributed by atoms with Crippen LogP contribution in [-0.2, 0) is 0 Å². The Labute approximate surface area is 134 Å². The summed E-state index contributed by atoms with van der Waals surface area (Å²) >= 11 is 5.86. The number of hydrogen-bond donors (Lipinski definition) is 1. The minimum Gasteiger partial charge on any atom is -0.489 e. The fraction of sp³-hybridized carbons (Fsp3) is 0.176. The number of nitrogens with one attached hydrogen (secondary N) is 1. The van der Waals surface area contributed by atoms with Gasteiger partial charge in [0, 0.05) is 29.0 Å². The Morgan fingerprint density at radius 3 is 2.73 bits per heavy atom. The number of pyridine rings is 2. The number of fused-ring (bicyclic) bond motifs is 1. The SMILES string of the molecule is C[C@@H](CNc1nccc2ccncc12)Oc1ccc(Cl)cc1. The first-order valence-corrected chi connectivity index (χ1v) is 7.45. The zero-order chi connectivity index (χ0) is 15.4. The second kappa shape index (κ2) is 6.62. The standard InChI is InChI=1S/C17H16ClN3O/c1-12(22-15-4-2-14(18)3-5-15)10-21-17-16-11-19-8-6-13(16)7-9-20-17/h2-9,11-12H,10H2,1H3,(H,20,21)/t12-/m0/s1. The lowest BCUT2D eigenvalue weighted by Gasteiger charge is -2.16. The molecule has 0 saturated heterocycles. The fourth-order valence-electron chi connectivity index (χ4n) is 2.18. The molecule has 0 amide bonds. The molecule has 0 saturated carbocycles. The largest absolute Gasteiger partial charge is 0.489 e. The molecule has 1 N–H and O–H groups in total. The molecule has 0 fully saturated rings. The minimum absolute atomic E-state index is 0.00472. The number of aromatic nitrogens is 2. The van der Waals surface area contributed by atoms with Crippen molar-refractivity contribution in [3.63, 3.8) is 0 Å². The third-order valence-corrected chi connectivity index (χ3v) is 3.53. The Balaban J connectivity index is 1.65. The highest BCUT2D eigenvalue weighted by Gasteiger charge is 2.07. The van der Waals surface area contributed by atoms with Gasteiger partial charge in [0.15, 0.2) is 0 Å². The summed E-state index contributed by atoms with van der Waals surface area (Å²) in [4.78, 5) is 8.53. The van der Waals surface area contributed by atoms with Crippen molar-refractivity contribution in [2.45, 2.75) is 13.0 Å². The van der Waals surface area contributed by atoms with E-state index in [9.17, 15) is 0 Å². The molecular weight excluding hydrogens is 298 g/mol. The number of nitrogens with zero attached hydrogens (tertiary/aromatic N) is 2. The zero-order valence-electron chi connectivity index (χ0n) is 12.2. The average Bonchev–Trinajstić information content (AvgIpc) is 2.55. The summed E-state index contributed by atoms with van der Waals surface area (Å²) < 4.78 is 5.84. The highest BCUT2D eigenvalue weighted by atomic mass is 35.5. The van der Waals surface area contributed by atoms with Crippen LogP contribution in [0.1, 0.15) is 6.92 Å². The van der Waals surface area contributed by atoms with Crippen molar-refractivity contribution in [2.24, 2.45) is 0 Å². The Morgan fingerprint density at radius 1 is 1.14 bits per heavy atom. The Kier molecular flexibility index (Phi) is 4.39. The number of hydrogen-bond acceptors (Lipinski definition) is 4. The van der Waals surface area contributed by atoms with Crippen LogP contribution >= 0.6 is 11.6 Å². The Hall–Kier alpha value is -2.33. The summed E-state index contributed by atoms with van der Waals surface area (Å²) in [5.41, 5.74) is 0. The lowest BCUT2D eigenvalue weighted by molar-refractivity contribution is 0.234. The molecule has 2 aromatic heterocycles. The lowest BCUT2D eigenvalue weighted by Crippen LogP contribution is -2.23. The van der Waals surface area contributed by atoms with Gasteiger partial charge in [0.25, 0.3) is 0 Å². The van der Waals surface area contributed by atoms with E-state index in [1.54, 1.807) is 12.4 Å². The van der Waals surface area contributed by atoms with Crippen molar-refractivity contribution in [1.29, 1.82) is 0 Å².